The first-order valence-corrected chi connectivity index (χ1v) is 12.6. The highest BCUT2D eigenvalue weighted by atomic mass is 32.2. The Morgan fingerprint density at radius 1 is 0.972 bits per heavy atom. The van der Waals surface area contributed by atoms with E-state index in [2.05, 4.69) is 10.5 Å². The summed E-state index contributed by atoms with van der Waals surface area (Å²) in [5, 5.41) is 4.22. The number of hydrazone groups is 1. The van der Waals surface area contributed by atoms with Crippen LogP contribution in [0, 0.1) is 12.7 Å². The number of carbonyl (C=O) groups excluding carboxylic acids is 1. The van der Waals surface area contributed by atoms with Gasteiger partial charge in [-0.15, -0.1) is 0 Å². The number of nitrogens with zero attached hydrogens (tertiary/aromatic N) is 2. The van der Waals surface area contributed by atoms with Crippen molar-refractivity contribution in [3.63, 3.8) is 0 Å². The van der Waals surface area contributed by atoms with Crippen molar-refractivity contribution in [1.29, 1.82) is 0 Å². The highest BCUT2D eigenvalue weighted by Crippen LogP contribution is 2.28. The van der Waals surface area contributed by atoms with Crippen LogP contribution in [0.15, 0.2) is 76.7 Å². The SMILES string of the molecule is CC/C(=N\NC(=O)CN(c1ccc(C)cc1)S(=O)(=O)c1ccc(F)cc1)c1ccc(OC)c(OC)c1. The molecule has 0 aliphatic heterocycles. The van der Waals surface area contributed by atoms with Crippen LogP contribution in [0.4, 0.5) is 10.1 Å². The third kappa shape index (κ3) is 6.19. The summed E-state index contributed by atoms with van der Waals surface area (Å²) in [5.74, 6) is -0.142. The van der Waals surface area contributed by atoms with Gasteiger partial charge in [-0.2, -0.15) is 5.10 Å². The standard InChI is InChI=1S/C26H28FN3O5S/c1-5-23(19-8-15-24(34-3)25(16-19)35-4)28-29-26(31)17-30(21-11-6-18(2)7-12-21)36(32,33)22-13-9-20(27)10-14-22/h6-16H,5,17H2,1-4H3,(H,29,31)/b28-23+. The van der Waals surface area contributed by atoms with E-state index >= 15 is 0 Å². The Balaban J connectivity index is 1.88. The first-order valence-electron chi connectivity index (χ1n) is 11.1. The number of carbonyl (C=O) groups is 1. The van der Waals surface area contributed by atoms with Gasteiger partial charge in [0.05, 0.1) is 30.5 Å². The second kappa shape index (κ2) is 11.7. The number of hydrogen-bond acceptors (Lipinski definition) is 6. The van der Waals surface area contributed by atoms with Crippen molar-refractivity contribution >= 4 is 27.3 Å². The highest BCUT2D eigenvalue weighted by Gasteiger charge is 2.27. The van der Waals surface area contributed by atoms with E-state index in [0.29, 0.717) is 34.9 Å². The van der Waals surface area contributed by atoms with Crippen LogP contribution in [0.5, 0.6) is 11.5 Å². The molecule has 0 aromatic heterocycles. The molecule has 0 fully saturated rings. The summed E-state index contributed by atoms with van der Waals surface area (Å²) in [7, 11) is -1.11. The largest absolute Gasteiger partial charge is 0.493 e. The fourth-order valence-electron chi connectivity index (χ4n) is 3.42. The summed E-state index contributed by atoms with van der Waals surface area (Å²) in [4.78, 5) is 12.7. The van der Waals surface area contributed by atoms with Crippen LogP contribution in [0.3, 0.4) is 0 Å². The molecule has 0 saturated carbocycles. The Hall–Kier alpha value is -3.92. The van der Waals surface area contributed by atoms with E-state index in [4.69, 9.17) is 9.47 Å². The zero-order chi connectivity index (χ0) is 26.3. The van der Waals surface area contributed by atoms with Crippen molar-refractivity contribution in [3.8, 4) is 11.5 Å². The van der Waals surface area contributed by atoms with Crippen LogP contribution < -0.4 is 19.2 Å². The average Bonchev–Trinajstić information content (AvgIpc) is 2.88. The summed E-state index contributed by atoms with van der Waals surface area (Å²) in [5.41, 5.74) is 4.95. The van der Waals surface area contributed by atoms with Gasteiger partial charge in [0, 0.05) is 5.56 Å². The van der Waals surface area contributed by atoms with Gasteiger partial charge in [0.25, 0.3) is 15.9 Å². The topological polar surface area (TPSA) is 97.3 Å². The third-order valence-corrected chi connectivity index (χ3v) is 7.17. The molecule has 10 heteroatoms. The Kier molecular flexibility index (Phi) is 8.65. The second-order valence-electron chi connectivity index (χ2n) is 7.82. The quantitative estimate of drug-likeness (QED) is 0.322. The number of sulfonamides is 1. The van der Waals surface area contributed by atoms with Crippen molar-refractivity contribution in [2.75, 3.05) is 25.1 Å². The lowest BCUT2D eigenvalue weighted by molar-refractivity contribution is -0.119. The minimum atomic E-state index is -4.16. The number of nitrogens with one attached hydrogen (secondary N) is 1. The minimum Gasteiger partial charge on any atom is -0.493 e. The molecule has 0 spiro atoms. The van der Waals surface area contributed by atoms with E-state index in [1.54, 1.807) is 42.5 Å². The van der Waals surface area contributed by atoms with Gasteiger partial charge < -0.3 is 9.47 Å². The fraction of sp³-hybridized carbons (Fsp3) is 0.231. The molecule has 0 bridgehead atoms. The number of hydrogen-bond donors (Lipinski definition) is 1. The zero-order valence-electron chi connectivity index (χ0n) is 20.5. The fourth-order valence-corrected chi connectivity index (χ4v) is 4.84. The summed E-state index contributed by atoms with van der Waals surface area (Å²) in [6.45, 7) is 3.21. The summed E-state index contributed by atoms with van der Waals surface area (Å²) < 4.78 is 51.7. The molecule has 0 aliphatic carbocycles. The van der Waals surface area contributed by atoms with E-state index in [9.17, 15) is 17.6 Å². The Labute approximate surface area is 210 Å². The molecule has 0 unspecified atom stereocenters. The molecule has 8 nitrogen and oxygen atoms in total. The van der Waals surface area contributed by atoms with Gasteiger partial charge in [-0.1, -0.05) is 24.6 Å². The molecule has 0 atom stereocenters. The summed E-state index contributed by atoms with van der Waals surface area (Å²) >= 11 is 0. The lowest BCUT2D eigenvalue weighted by Crippen LogP contribution is -2.39. The van der Waals surface area contributed by atoms with Crippen molar-refractivity contribution in [2.24, 2.45) is 5.10 Å². The van der Waals surface area contributed by atoms with Gasteiger partial charge in [-0.3, -0.25) is 9.10 Å². The van der Waals surface area contributed by atoms with Crippen molar-refractivity contribution in [3.05, 3.63) is 83.7 Å². The van der Waals surface area contributed by atoms with Gasteiger partial charge in [0.1, 0.15) is 12.4 Å². The van der Waals surface area contributed by atoms with Gasteiger partial charge >= 0.3 is 0 Å². The monoisotopic (exact) mass is 513 g/mol. The summed E-state index contributed by atoms with van der Waals surface area (Å²) in [6.07, 6.45) is 0.491. The predicted octanol–water partition coefficient (Wildman–Crippen LogP) is 4.28. The maximum absolute atomic E-state index is 13.4. The van der Waals surface area contributed by atoms with Crippen LogP contribution in [0.1, 0.15) is 24.5 Å². The molecule has 3 aromatic rings. The lowest BCUT2D eigenvalue weighted by Gasteiger charge is -2.24. The Bertz CT molecular complexity index is 1340. The number of benzene rings is 3. The van der Waals surface area contributed by atoms with E-state index in [0.717, 1.165) is 34.1 Å². The second-order valence-corrected chi connectivity index (χ2v) is 9.68. The molecule has 3 aromatic carbocycles. The van der Waals surface area contributed by atoms with Crippen LogP contribution >= 0.6 is 0 Å². The molecule has 1 N–H and O–H groups in total. The first kappa shape index (κ1) is 26.7. The van der Waals surface area contributed by atoms with Crippen LogP contribution in [0.2, 0.25) is 0 Å². The highest BCUT2D eigenvalue weighted by molar-refractivity contribution is 7.92. The number of halogens is 1. The smallest absolute Gasteiger partial charge is 0.264 e. The number of aryl methyl sites for hydroxylation is 1. The Morgan fingerprint density at radius 2 is 1.61 bits per heavy atom. The molecule has 0 radical (unpaired) electrons. The number of ether oxygens (including phenoxy) is 2. The predicted molar refractivity (Wildman–Crippen MR) is 137 cm³/mol. The molecule has 190 valence electrons. The van der Waals surface area contributed by atoms with E-state index in [-0.39, 0.29) is 4.90 Å². The number of anilines is 1. The van der Waals surface area contributed by atoms with E-state index in [1.807, 2.05) is 13.8 Å². The van der Waals surface area contributed by atoms with Crippen molar-refractivity contribution < 1.29 is 27.1 Å². The van der Waals surface area contributed by atoms with Gasteiger partial charge in [-0.05, 0) is 67.9 Å². The van der Waals surface area contributed by atoms with Gasteiger partial charge in [-0.25, -0.2) is 18.2 Å². The molecule has 0 aliphatic rings. The third-order valence-electron chi connectivity index (χ3n) is 5.38. The molecule has 3 rings (SSSR count). The van der Waals surface area contributed by atoms with Crippen LogP contribution in [-0.4, -0.2) is 40.8 Å². The number of amides is 1. The maximum Gasteiger partial charge on any atom is 0.264 e. The van der Waals surface area contributed by atoms with Crippen LogP contribution in [0.25, 0.3) is 0 Å². The molecule has 36 heavy (non-hydrogen) atoms. The summed E-state index contributed by atoms with van der Waals surface area (Å²) in [6, 6.07) is 16.4. The van der Waals surface area contributed by atoms with Crippen LogP contribution in [-0.2, 0) is 14.8 Å². The molecular weight excluding hydrogens is 485 g/mol. The van der Waals surface area contributed by atoms with Gasteiger partial charge in [0.2, 0.25) is 0 Å². The molecule has 0 heterocycles. The van der Waals surface area contributed by atoms with E-state index in [1.165, 1.54) is 14.2 Å². The zero-order valence-corrected chi connectivity index (χ0v) is 21.3. The normalized spacial score (nSPS) is 11.6. The number of methoxy groups -OCH3 is 2. The minimum absolute atomic E-state index is 0.139. The first-order chi connectivity index (χ1) is 17.2. The van der Waals surface area contributed by atoms with Crippen molar-refractivity contribution in [1.82, 2.24) is 5.43 Å². The number of rotatable bonds is 10. The molecule has 0 saturated heterocycles. The maximum atomic E-state index is 13.4. The van der Waals surface area contributed by atoms with Gasteiger partial charge in [0.15, 0.2) is 11.5 Å². The van der Waals surface area contributed by atoms with Crippen molar-refractivity contribution in [2.45, 2.75) is 25.2 Å². The lowest BCUT2D eigenvalue weighted by atomic mass is 10.1. The average molecular weight is 514 g/mol. The Morgan fingerprint density at radius 3 is 2.19 bits per heavy atom. The van der Waals surface area contributed by atoms with E-state index < -0.39 is 28.3 Å². The molecule has 1 amide bonds. The molecular formula is C26H28FN3O5S.